The Morgan fingerprint density at radius 3 is 1.38 bits per heavy atom. The lowest BCUT2D eigenvalue weighted by Gasteiger charge is -2.05. The third-order valence-corrected chi connectivity index (χ3v) is 8.03. The van der Waals surface area contributed by atoms with Crippen molar-refractivity contribution in [3.63, 3.8) is 0 Å². The first-order valence-corrected chi connectivity index (χ1v) is 10.3. The Kier molecular flexibility index (Phi) is 3.36. The maximum atomic E-state index is 13.2. The molecule has 0 fully saturated rings. The minimum Gasteiger partial charge on any atom is -0.497 e. The van der Waals surface area contributed by atoms with E-state index in [9.17, 15) is 8.42 Å². The summed E-state index contributed by atoms with van der Waals surface area (Å²) in [5.41, 5.74) is 3.58. The van der Waals surface area contributed by atoms with Crippen LogP contribution in [0.25, 0.3) is 22.3 Å². The van der Waals surface area contributed by atoms with Crippen molar-refractivity contribution in [2.45, 2.75) is 19.6 Å². The fourth-order valence-electron chi connectivity index (χ4n) is 3.59. The Bertz CT molecular complexity index is 1060. The summed E-state index contributed by atoms with van der Waals surface area (Å²) in [4.78, 5) is 2.72. The van der Waals surface area contributed by atoms with Gasteiger partial charge < -0.3 is 9.47 Å². The molecule has 130 valence electrons. The van der Waals surface area contributed by atoms with E-state index in [1.807, 2.05) is 36.4 Å². The highest BCUT2D eigenvalue weighted by atomic mass is 32.2. The molecule has 0 amide bonds. The summed E-state index contributed by atoms with van der Waals surface area (Å²) in [6.45, 7) is 0. The van der Waals surface area contributed by atoms with Gasteiger partial charge in [0.1, 0.15) is 11.5 Å². The summed E-state index contributed by atoms with van der Waals surface area (Å²) in [6, 6.07) is 15.1. The molecule has 2 atom stereocenters. The Labute approximate surface area is 155 Å². The molecule has 2 unspecified atom stereocenters. The quantitative estimate of drug-likeness (QED) is 0.463. The number of rotatable bonds is 2. The topological polar surface area (TPSA) is 52.6 Å². The van der Waals surface area contributed by atoms with Crippen LogP contribution >= 0.6 is 0 Å². The lowest BCUT2D eigenvalue weighted by atomic mass is 10.0. The second-order valence-corrected chi connectivity index (χ2v) is 8.85. The SMILES string of the molecule is COc1ccc2c(c1)S(=O)c1c-2ccc2c1S(=O)c1cc(OC)ccc1-2. The van der Waals surface area contributed by atoms with Gasteiger partial charge in [-0.3, -0.25) is 0 Å². The maximum absolute atomic E-state index is 13.2. The number of benzene rings is 3. The number of fused-ring (bicyclic) bond motifs is 7. The van der Waals surface area contributed by atoms with Crippen molar-refractivity contribution in [3.8, 4) is 33.8 Å². The molecule has 0 spiro atoms. The van der Waals surface area contributed by atoms with Gasteiger partial charge in [-0.15, -0.1) is 0 Å². The van der Waals surface area contributed by atoms with Crippen molar-refractivity contribution in [2.75, 3.05) is 14.2 Å². The van der Waals surface area contributed by atoms with Crippen molar-refractivity contribution < 1.29 is 17.9 Å². The predicted molar refractivity (Wildman–Crippen MR) is 99.8 cm³/mol. The van der Waals surface area contributed by atoms with Crippen LogP contribution in [-0.2, 0) is 21.6 Å². The monoisotopic (exact) mass is 382 g/mol. The van der Waals surface area contributed by atoms with Crippen molar-refractivity contribution >= 4 is 21.6 Å². The fraction of sp³-hybridized carbons (Fsp3) is 0.100. The lowest BCUT2D eigenvalue weighted by Crippen LogP contribution is -1.96. The van der Waals surface area contributed by atoms with Crippen molar-refractivity contribution in [1.29, 1.82) is 0 Å². The van der Waals surface area contributed by atoms with Crippen molar-refractivity contribution in [1.82, 2.24) is 0 Å². The summed E-state index contributed by atoms with van der Waals surface area (Å²) in [6.07, 6.45) is 0. The summed E-state index contributed by atoms with van der Waals surface area (Å²) >= 11 is 0. The van der Waals surface area contributed by atoms with E-state index < -0.39 is 21.6 Å². The summed E-state index contributed by atoms with van der Waals surface area (Å²) < 4.78 is 37.0. The molecule has 5 rings (SSSR count). The van der Waals surface area contributed by atoms with E-state index in [0.29, 0.717) is 31.1 Å². The molecule has 3 aromatic carbocycles. The molecule has 2 aliphatic rings. The van der Waals surface area contributed by atoms with Crippen LogP contribution in [0.5, 0.6) is 11.5 Å². The van der Waals surface area contributed by atoms with Gasteiger partial charge in [-0.1, -0.05) is 12.1 Å². The fourth-order valence-corrected chi connectivity index (χ4v) is 6.99. The van der Waals surface area contributed by atoms with E-state index in [0.717, 1.165) is 22.3 Å². The van der Waals surface area contributed by atoms with E-state index in [-0.39, 0.29) is 0 Å². The normalized spacial score (nSPS) is 18.7. The largest absolute Gasteiger partial charge is 0.497 e. The van der Waals surface area contributed by atoms with E-state index in [1.54, 1.807) is 26.4 Å². The first-order valence-electron chi connectivity index (χ1n) is 8.01. The molecule has 0 aromatic heterocycles. The maximum Gasteiger partial charge on any atom is 0.120 e. The third-order valence-electron chi connectivity index (χ3n) is 4.84. The molecular formula is C20H14O4S2. The molecule has 3 aromatic rings. The molecule has 26 heavy (non-hydrogen) atoms. The molecule has 4 nitrogen and oxygen atoms in total. The van der Waals surface area contributed by atoms with Gasteiger partial charge in [-0.25, -0.2) is 8.42 Å². The van der Waals surface area contributed by atoms with Crippen LogP contribution in [0.3, 0.4) is 0 Å². The van der Waals surface area contributed by atoms with Gasteiger partial charge in [0.2, 0.25) is 0 Å². The van der Waals surface area contributed by atoms with Crippen LogP contribution in [0.4, 0.5) is 0 Å². The molecule has 0 bridgehead atoms. The molecule has 6 heteroatoms. The Morgan fingerprint density at radius 2 is 1.00 bits per heavy atom. The number of ether oxygens (including phenoxy) is 2. The zero-order valence-electron chi connectivity index (χ0n) is 14.1. The Hall–Kier alpha value is -2.44. The van der Waals surface area contributed by atoms with Gasteiger partial charge in [0.25, 0.3) is 0 Å². The van der Waals surface area contributed by atoms with Crippen LogP contribution in [0.15, 0.2) is 68.1 Å². The molecule has 0 aliphatic carbocycles. The van der Waals surface area contributed by atoms with Gasteiger partial charge in [-0.2, -0.15) is 0 Å². The van der Waals surface area contributed by atoms with Crippen LogP contribution in [0.2, 0.25) is 0 Å². The van der Waals surface area contributed by atoms with Crippen molar-refractivity contribution in [2.24, 2.45) is 0 Å². The van der Waals surface area contributed by atoms with Gasteiger partial charge in [0.15, 0.2) is 0 Å². The average Bonchev–Trinajstić information content (AvgIpc) is 3.13. The standard InChI is InChI=1S/C20H14O4S2/c1-23-11-3-5-13-15-7-8-16-14-6-4-12(24-2)10-18(14)26(22)20(16)19(15)25(21)17(13)9-11/h3-10H,1-2H3. The molecule has 0 saturated heterocycles. The van der Waals surface area contributed by atoms with E-state index in [2.05, 4.69) is 0 Å². The zero-order chi connectivity index (χ0) is 18.0. The first kappa shape index (κ1) is 15.8. The number of hydrogen-bond donors (Lipinski definition) is 0. The summed E-state index contributed by atoms with van der Waals surface area (Å²) in [5.74, 6) is 1.33. The molecule has 0 radical (unpaired) electrons. The van der Waals surface area contributed by atoms with Crippen LogP contribution in [-0.4, -0.2) is 22.6 Å². The molecule has 2 heterocycles. The summed E-state index contributed by atoms with van der Waals surface area (Å²) in [7, 11) is 0.400. The smallest absolute Gasteiger partial charge is 0.120 e. The van der Waals surface area contributed by atoms with Crippen molar-refractivity contribution in [3.05, 3.63) is 48.5 Å². The average molecular weight is 382 g/mol. The minimum absolute atomic E-state index is 0.652. The van der Waals surface area contributed by atoms with Crippen LogP contribution < -0.4 is 9.47 Å². The highest BCUT2D eigenvalue weighted by Crippen LogP contribution is 2.52. The summed E-state index contributed by atoms with van der Waals surface area (Å²) in [5, 5.41) is 0. The predicted octanol–water partition coefficient (Wildman–Crippen LogP) is 4.00. The van der Waals surface area contributed by atoms with E-state index in [4.69, 9.17) is 9.47 Å². The Morgan fingerprint density at radius 1 is 0.615 bits per heavy atom. The Balaban J connectivity index is 1.76. The molecule has 0 N–H and O–H groups in total. The highest BCUT2D eigenvalue weighted by molar-refractivity contribution is 7.89. The zero-order valence-corrected chi connectivity index (χ0v) is 15.7. The second kappa shape index (κ2) is 5.53. The highest BCUT2D eigenvalue weighted by Gasteiger charge is 2.37. The molecule has 2 aliphatic heterocycles. The second-order valence-electron chi connectivity index (χ2n) is 6.08. The van der Waals surface area contributed by atoms with Crippen LogP contribution in [0.1, 0.15) is 0 Å². The minimum atomic E-state index is -1.39. The number of methoxy groups -OCH3 is 2. The number of hydrogen-bond acceptors (Lipinski definition) is 4. The third kappa shape index (κ3) is 1.94. The van der Waals surface area contributed by atoms with Gasteiger partial charge in [-0.05, 0) is 47.5 Å². The molecular weight excluding hydrogens is 368 g/mol. The van der Waals surface area contributed by atoms with E-state index >= 15 is 0 Å². The van der Waals surface area contributed by atoms with Gasteiger partial charge in [0, 0.05) is 11.1 Å². The molecule has 0 saturated carbocycles. The first-order chi connectivity index (χ1) is 12.6. The van der Waals surface area contributed by atoms with Gasteiger partial charge in [0.05, 0.1) is 55.4 Å². The van der Waals surface area contributed by atoms with Gasteiger partial charge >= 0.3 is 0 Å². The van der Waals surface area contributed by atoms with E-state index in [1.165, 1.54) is 0 Å². The van der Waals surface area contributed by atoms with Crippen LogP contribution in [0, 0.1) is 0 Å². The lowest BCUT2D eigenvalue weighted by molar-refractivity contribution is 0.413.